The van der Waals surface area contributed by atoms with E-state index in [2.05, 4.69) is 34.3 Å². The molecule has 2 fully saturated rings. The molecule has 1 amide bonds. The summed E-state index contributed by atoms with van der Waals surface area (Å²) in [6.07, 6.45) is 3.80. The summed E-state index contributed by atoms with van der Waals surface area (Å²) < 4.78 is 14.1. The lowest BCUT2D eigenvalue weighted by Crippen LogP contribution is -2.43. The Morgan fingerprint density at radius 2 is 2.16 bits per heavy atom. The van der Waals surface area contributed by atoms with Gasteiger partial charge in [0.15, 0.2) is 0 Å². The van der Waals surface area contributed by atoms with Gasteiger partial charge < -0.3 is 4.55 Å². The Balaban J connectivity index is 2.25. The van der Waals surface area contributed by atoms with E-state index < -0.39 is 11.4 Å². The first kappa shape index (κ1) is 14.9. The second kappa shape index (κ2) is 4.81. The molecule has 0 aromatic heterocycles. The smallest absolute Gasteiger partial charge is 0.264 e. The monoisotopic (exact) mass is 283 g/mol. The largest absolute Gasteiger partial charge is 0.593 e. The van der Waals surface area contributed by atoms with Crippen LogP contribution in [-0.2, 0) is 16.2 Å². The van der Waals surface area contributed by atoms with Crippen molar-refractivity contribution in [1.29, 1.82) is 0 Å². The van der Waals surface area contributed by atoms with Crippen molar-refractivity contribution in [3.63, 3.8) is 0 Å². The zero-order valence-corrected chi connectivity index (χ0v) is 13.3. The van der Waals surface area contributed by atoms with Crippen molar-refractivity contribution in [3.8, 4) is 0 Å². The van der Waals surface area contributed by atoms with Crippen molar-refractivity contribution in [2.24, 2.45) is 16.7 Å². The first-order chi connectivity index (χ1) is 8.75. The molecule has 0 bridgehead atoms. The first-order valence-electron chi connectivity index (χ1n) is 7.07. The number of nitrogens with zero attached hydrogens (tertiary/aromatic N) is 1. The van der Waals surface area contributed by atoms with E-state index in [1.807, 2.05) is 0 Å². The third kappa shape index (κ3) is 2.04. The van der Waals surface area contributed by atoms with Gasteiger partial charge in [-0.05, 0) is 24.2 Å². The minimum absolute atomic E-state index is 0.0249. The van der Waals surface area contributed by atoms with Crippen molar-refractivity contribution in [3.05, 3.63) is 12.7 Å². The van der Waals surface area contributed by atoms with E-state index in [-0.39, 0.29) is 22.8 Å². The van der Waals surface area contributed by atoms with Gasteiger partial charge in [-0.15, -0.1) is 6.58 Å². The van der Waals surface area contributed by atoms with Gasteiger partial charge in [-0.25, -0.2) is 0 Å². The molecule has 1 saturated heterocycles. The number of amides is 1. The van der Waals surface area contributed by atoms with Crippen molar-refractivity contribution >= 4 is 17.3 Å². The van der Waals surface area contributed by atoms with Gasteiger partial charge in [0.2, 0.25) is 0 Å². The standard InChI is InChI=1S/C15H25NO2S/c1-6-7-8-13(17)16-12-9-11(2)14(3,4)15(12,5)10-19(16)18/h6,11-12H,1,7-10H2,2-5H3. The molecule has 1 aliphatic carbocycles. The van der Waals surface area contributed by atoms with Gasteiger partial charge in [-0.3, -0.25) is 4.79 Å². The number of fused-ring (bicyclic) bond motifs is 1. The van der Waals surface area contributed by atoms with Crippen LogP contribution in [0, 0.1) is 16.7 Å². The lowest BCUT2D eigenvalue weighted by atomic mass is 9.66. The van der Waals surface area contributed by atoms with Crippen molar-refractivity contribution in [2.75, 3.05) is 5.75 Å². The number of rotatable bonds is 3. The van der Waals surface area contributed by atoms with E-state index in [1.54, 1.807) is 10.4 Å². The van der Waals surface area contributed by atoms with Gasteiger partial charge in [-0.2, -0.15) is 4.31 Å². The molecule has 2 aliphatic rings. The molecule has 2 rings (SSSR count). The number of allylic oxidation sites excluding steroid dienone is 1. The van der Waals surface area contributed by atoms with Gasteiger partial charge in [0, 0.05) is 11.8 Å². The number of carbonyl (C=O) groups is 1. The Hall–Kier alpha value is -0.480. The molecule has 1 heterocycles. The summed E-state index contributed by atoms with van der Waals surface area (Å²) in [6.45, 7) is 12.6. The quantitative estimate of drug-likeness (QED) is 0.590. The second-order valence-electron chi connectivity index (χ2n) is 6.80. The van der Waals surface area contributed by atoms with E-state index in [4.69, 9.17) is 0 Å². The average molecular weight is 283 g/mol. The highest BCUT2D eigenvalue weighted by Gasteiger charge is 2.67. The highest BCUT2D eigenvalue weighted by molar-refractivity contribution is 7.89. The minimum atomic E-state index is -1.15. The van der Waals surface area contributed by atoms with Crippen LogP contribution in [0.4, 0.5) is 0 Å². The molecule has 1 aliphatic heterocycles. The van der Waals surface area contributed by atoms with Crippen LogP contribution in [0.5, 0.6) is 0 Å². The van der Waals surface area contributed by atoms with E-state index in [9.17, 15) is 9.35 Å². The summed E-state index contributed by atoms with van der Waals surface area (Å²) in [4.78, 5) is 12.3. The van der Waals surface area contributed by atoms with E-state index in [1.165, 1.54) is 0 Å². The van der Waals surface area contributed by atoms with E-state index in [0.29, 0.717) is 24.5 Å². The minimum Gasteiger partial charge on any atom is -0.593 e. The molecule has 0 spiro atoms. The van der Waals surface area contributed by atoms with Gasteiger partial charge >= 0.3 is 0 Å². The molecular formula is C15H25NO2S. The van der Waals surface area contributed by atoms with Crippen molar-refractivity contribution in [2.45, 2.75) is 53.0 Å². The fourth-order valence-electron chi connectivity index (χ4n) is 3.61. The van der Waals surface area contributed by atoms with Crippen LogP contribution in [0.1, 0.15) is 47.0 Å². The third-order valence-electron chi connectivity index (χ3n) is 5.75. The van der Waals surface area contributed by atoms with Crippen molar-refractivity contribution < 1.29 is 9.35 Å². The van der Waals surface area contributed by atoms with Crippen LogP contribution in [0.25, 0.3) is 0 Å². The lowest BCUT2D eigenvalue weighted by molar-refractivity contribution is -0.128. The van der Waals surface area contributed by atoms with E-state index >= 15 is 0 Å². The molecule has 4 heteroatoms. The Labute approximate surface area is 119 Å². The molecule has 19 heavy (non-hydrogen) atoms. The number of hydrogen-bond acceptors (Lipinski definition) is 2. The summed E-state index contributed by atoms with van der Waals surface area (Å²) in [7, 11) is 0. The average Bonchev–Trinajstić information content (AvgIpc) is 2.66. The summed E-state index contributed by atoms with van der Waals surface area (Å²) in [5.41, 5.74) is 0.0991. The predicted octanol–water partition coefficient (Wildman–Crippen LogP) is 2.90. The van der Waals surface area contributed by atoms with Crippen LogP contribution in [-0.4, -0.2) is 26.6 Å². The lowest BCUT2D eigenvalue weighted by Gasteiger charge is -2.37. The summed E-state index contributed by atoms with van der Waals surface area (Å²) in [6, 6.07) is 0.135. The zero-order valence-electron chi connectivity index (χ0n) is 12.4. The van der Waals surface area contributed by atoms with Crippen LogP contribution >= 0.6 is 0 Å². The summed E-state index contributed by atoms with van der Waals surface area (Å²) >= 11 is -1.15. The van der Waals surface area contributed by atoms with Crippen LogP contribution in [0.2, 0.25) is 0 Å². The normalized spacial score (nSPS) is 40.3. The maximum Gasteiger partial charge on any atom is 0.264 e. The highest BCUT2D eigenvalue weighted by Crippen LogP contribution is 2.61. The molecule has 108 valence electrons. The fraction of sp³-hybridized carbons (Fsp3) is 0.800. The SMILES string of the molecule is C=CCCC(=O)N1C2CC(C)C(C)(C)C2(C)C[S+]1[O-]. The number of carbonyl (C=O) groups excluding carboxylic acids is 1. The van der Waals surface area contributed by atoms with Gasteiger partial charge in [0.05, 0.1) is 17.4 Å². The first-order valence-corrected chi connectivity index (χ1v) is 8.34. The van der Waals surface area contributed by atoms with Crippen LogP contribution in [0.3, 0.4) is 0 Å². The summed E-state index contributed by atoms with van der Waals surface area (Å²) in [5.74, 6) is 1.20. The van der Waals surface area contributed by atoms with Crippen molar-refractivity contribution in [1.82, 2.24) is 4.31 Å². The molecule has 0 N–H and O–H groups in total. The van der Waals surface area contributed by atoms with Crippen LogP contribution < -0.4 is 0 Å². The maximum atomic E-state index is 12.4. The molecule has 0 aromatic rings. The molecular weight excluding hydrogens is 258 g/mol. The Morgan fingerprint density at radius 3 is 2.74 bits per heavy atom. The molecule has 1 saturated carbocycles. The highest BCUT2D eigenvalue weighted by atomic mass is 32.2. The Kier molecular flexibility index (Phi) is 3.78. The molecule has 3 nitrogen and oxygen atoms in total. The summed E-state index contributed by atoms with van der Waals surface area (Å²) in [5, 5.41) is 0. The molecule has 4 atom stereocenters. The molecule has 4 unspecified atom stereocenters. The third-order valence-corrected chi connectivity index (χ3v) is 7.49. The van der Waals surface area contributed by atoms with Gasteiger partial charge in [0.25, 0.3) is 5.91 Å². The molecule has 0 radical (unpaired) electrons. The number of hydrogen-bond donors (Lipinski definition) is 0. The topological polar surface area (TPSA) is 43.4 Å². The Morgan fingerprint density at radius 1 is 1.53 bits per heavy atom. The van der Waals surface area contributed by atoms with Gasteiger partial charge in [0.1, 0.15) is 5.75 Å². The molecule has 0 aromatic carbocycles. The fourth-order valence-corrected chi connectivity index (χ4v) is 5.75. The Bertz CT molecular complexity index is 396. The van der Waals surface area contributed by atoms with Gasteiger partial charge in [-0.1, -0.05) is 33.8 Å². The maximum absolute atomic E-state index is 12.4. The van der Waals surface area contributed by atoms with E-state index in [0.717, 1.165) is 6.42 Å². The second-order valence-corrected chi connectivity index (χ2v) is 8.13. The predicted molar refractivity (Wildman–Crippen MR) is 78.7 cm³/mol. The zero-order chi connectivity index (χ0) is 14.4. The van der Waals surface area contributed by atoms with Crippen LogP contribution in [0.15, 0.2) is 12.7 Å².